The van der Waals surface area contributed by atoms with Crippen LogP contribution >= 0.6 is 0 Å². The molecule has 46 heavy (non-hydrogen) atoms. The third kappa shape index (κ3) is 5.42. The smallest absolute Gasteiger partial charge is 0.311 e. The van der Waals surface area contributed by atoms with Gasteiger partial charge in [0.15, 0.2) is 11.5 Å². The van der Waals surface area contributed by atoms with E-state index in [1.54, 1.807) is 12.1 Å². The van der Waals surface area contributed by atoms with Crippen molar-refractivity contribution in [2.75, 3.05) is 11.9 Å². The number of hydrogen-bond donors (Lipinski definition) is 1. The number of aromatic nitrogens is 4. The van der Waals surface area contributed by atoms with Gasteiger partial charge in [-0.1, -0.05) is 48.0 Å². The highest BCUT2D eigenvalue weighted by Crippen LogP contribution is 2.47. The van der Waals surface area contributed by atoms with Crippen LogP contribution in [0.15, 0.2) is 84.0 Å². The molecule has 2 atom stereocenters. The second-order valence-electron chi connectivity index (χ2n) is 12.1. The number of halogens is 1. The van der Waals surface area contributed by atoms with E-state index in [1.165, 1.54) is 24.4 Å². The lowest BCUT2D eigenvalue weighted by atomic mass is 9.61. The van der Waals surface area contributed by atoms with Crippen molar-refractivity contribution in [2.24, 2.45) is 17.8 Å². The Morgan fingerprint density at radius 1 is 1.00 bits per heavy atom. The van der Waals surface area contributed by atoms with E-state index in [0.717, 1.165) is 47.0 Å². The number of nitrogens with zero attached hydrogens (tertiary/aromatic N) is 4. The number of hydrogen-bond acceptors (Lipinski definition) is 8. The summed E-state index contributed by atoms with van der Waals surface area (Å²) >= 11 is 0. The Bertz CT molecular complexity index is 2020. The maximum Gasteiger partial charge on any atom is 0.311 e. The monoisotopic (exact) mass is 639 g/mol. The number of aryl methyl sites for hydroxylation is 1. The van der Waals surface area contributed by atoms with Crippen molar-refractivity contribution in [1.82, 2.24) is 18.9 Å². The van der Waals surface area contributed by atoms with E-state index in [-0.39, 0.29) is 51.5 Å². The van der Waals surface area contributed by atoms with Crippen LogP contribution in [0.3, 0.4) is 0 Å². The fourth-order valence-corrected chi connectivity index (χ4v) is 8.37. The van der Waals surface area contributed by atoms with E-state index in [0.29, 0.717) is 23.7 Å². The standard InChI is InChI=1S/C35H34FN5O4S/c1-3-45-35(42)31-23-11-13-24(14-12-23)32(31)39-30-18-29(22-7-5-4-6-8-22)38-33(40-30)28-20-41(34-27(28)17-25(36)19-37-34)46(43,44)26-15-9-21(2)10-16-26/h4-10,15-20,23-24,31-32H,3,11-14H2,1-2H3,(H,38,39,40)/t23?,24?,31-,32-/m1/s1. The molecule has 0 saturated heterocycles. The molecule has 9 nitrogen and oxygen atoms in total. The van der Waals surface area contributed by atoms with Gasteiger partial charge < -0.3 is 10.1 Å². The molecular weight excluding hydrogens is 605 g/mol. The van der Waals surface area contributed by atoms with Crippen LogP contribution in [0.25, 0.3) is 33.7 Å². The summed E-state index contributed by atoms with van der Waals surface area (Å²) in [5.41, 5.74) is 2.70. The molecule has 0 radical (unpaired) electrons. The van der Waals surface area contributed by atoms with E-state index in [9.17, 15) is 17.6 Å². The largest absolute Gasteiger partial charge is 0.466 e. The quantitative estimate of drug-likeness (QED) is 0.188. The molecule has 0 aliphatic heterocycles. The second kappa shape index (κ2) is 11.9. The average molecular weight is 640 g/mol. The molecule has 3 aromatic heterocycles. The van der Waals surface area contributed by atoms with E-state index < -0.39 is 15.8 Å². The Labute approximate surface area is 266 Å². The van der Waals surface area contributed by atoms with Crippen LogP contribution in [0.1, 0.15) is 38.2 Å². The minimum Gasteiger partial charge on any atom is -0.466 e. The van der Waals surface area contributed by atoms with Gasteiger partial charge in [-0.2, -0.15) is 0 Å². The molecule has 3 aliphatic carbocycles. The van der Waals surface area contributed by atoms with Crippen molar-refractivity contribution in [1.29, 1.82) is 0 Å². The highest BCUT2D eigenvalue weighted by molar-refractivity contribution is 7.90. The first-order valence-corrected chi connectivity index (χ1v) is 17.0. The number of carbonyl (C=O) groups is 1. The molecule has 5 aromatic rings. The summed E-state index contributed by atoms with van der Waals surface area (Å²) in [6.07, 6.45) is 6.40. The number of anilines is 1. The minimum atomic E-state index is -4.10. The third-order valence-electron chi connectivity index (χ3n) is 9.29. The first-order valence-electron chi connectivity index (χ1n) is 15.6. The van der Waals surface area contributed by atoms with Gasteiger partial charge in [0, 0.05) is 34.8 Å². The molecule has 2 aromatic carbocycles. The van der Waals surface area contributed by atoms with Crippen LogP contribution in [0.2, 0.25) is 0 Å². The zero-order valence-electron chi connectivity index (χ0n) is 25.6. The number of esters is 1. The van der Waals surface area contributed by atoms with Crippen molar-refractivity contribution in [2.45, 2.75) is 50.5 Å². The van der Waals surface area contributed by atoms with Crippen molar-refractivity contribution in [3.8, 4) is 22.6 Å². The molecule has 3 saturated carbocycles. The lowest BCUT2D eigenvalue weighted by Gasteiger charge is -2.47. The van der Waals surface area contributed by atoms with Gasteiger partial charge in [-0.25, -0.2) is 31.7 Å². The number of rotatable bonds is 8. The van der Waals surface area contributed by atoms with Crippen molar-refractivity contribution >= 4 is 32.8 Å². The van der Waals surface area contributed by atoms with Gasteiger partial charge in [0.2, 0.25) is 0 Å². The number of ether oxygens (including phenoxy) is 1. The van der Waals surface area contributed by atoms with Gasteiger partial charge in [0.1, 0.15) is 11.6 Å². The molecule has 3 aliphatic rings. The van der Waals surface area contributed by atoms with Gasteiger partial charge in [-0.3, -0.25) is 4.79 Å². The Morgan fingerprint density at radius 3 is 2.43 bits per heavy atom. The Kier molecular flexibility index (Phi) is 7.80. The van der Waals surface area contributed by atoms with Crippen LogP contribution in [-0.2, 0) is 19.6 Å². The number of nitrogens with one attached hydrogen (secondary N) is 1. The Morgan fingerprint density at radius 2 is 1.72 bits per heavy atom. The molecule has 0 amide bonds. The molecule has 0 spiro atoms. The number of pyridine rings is 1. The Hall–Kier alpha value is -4.64. The first-order chi connectivity index (χ1) is 22.2. The molecule has 8 rings (SSSR count). The summed E-state index contributed by atoms with van der Waals surface area (Å²) in [7, 11) is -4.10. The van der Waals surface area contributed by atoms with E-state index in [4.69, 9.17) is 14.7 Å². The number of benzene rings is 2. The zero-order valence-corrected chi connectivity index (χ0v) is 26.4. The van der Waals surface area contributed by atoms with Gasteiger partial charge >= 0.3 is 5.97 Å². The van der Waals surface area contributed by atoms with Gasteiger partial charge in [0.05, 0.1) is 29.3 Å². The molecule has 3 heterocycles. The van der Waals surface area contributed by atoms with Crippen LogP contribution in [0.4, 0.5) is 10.2 Å². The van der Waals surface area contributed by atoms with Crippen molar-refractivity contribution in [3.05, 3.63) is 90.5 Å². The van der Waals surface area contributed by atoms with E-state index in [2.05, 4.69) is 10.3 Å². The average Bonchev–Trinajstić information content (AvgIpc) is 3.45. The highest BCUT2D eigenvalue weighted by atomic mass is 32.2. The zero-order chi connectivity index (χ0) is 32.0. The third-order valence-corrected chi connectivity index (χ3v) is 10.9. The molecule has 1 N–H and O–H groups in total. The van der Waals surface area contributed by atoms with Gasteiger partial charge in [-0.05, 0) is 69.6 Å². The normalized spacial score (nSPS) is 20.9. The van der Waals surface area contributed by atoms with E-state index >= 15 is 0 Å². The van der Waals surface area contributed by atoms with Crippen molar-refractivity contribution in [3.63, 3.8) is 0 Å². The molecule has 3 fully saturated rings. The summed E-state index contributed by atoms with van der Waals surface area (Å²) in [5.74, 6) is 0.0829. The summed E-state index contributed by atoms with van der Waals surface area (Å²) < 4.78 is 49.0. The Balaban J connectivity index is 1.38. The molecule has 236 valence electrons. The first kappa shape index (κ1) is 30.0. The molecule has 2 bridgehead atoms. The summed E-state index contributed by atoms with van der Waals surface area (Å²) in [6.45, 7) is 4.01. The lowest BCUT2D eigenvalue weighted by molar-refractivity contribution is -0.154. The second-order valence-corrected chi connectivity index (χ2v) is 13.9. The van der Waals surface area contributed by atoms with Gasteiger partial charge in [0.25, 0.3) is 10.0 Å². The lowest BCUT2D eigenvalue weighted by Crippen LogP contribution is -2.52. The topological polar surface area (TPSA) is 116 Å². The van der Waals surface area contributed by atoms with Crippen LogP contribution in [-0.4, -0.2) is 46.0 Å². The van der Waals surface area contributed by atoms with Crippen molar-refractivity contribution < 1.29 is 22.3 Å². The minimum absolute atomic E-state index is 0.0622. The molecular formula is C35H34FN5O4S. The summed E-state index contributed by atoms with van der Waals surface area (Å²) in [4.78, 5) is 27.2. The predicted molar refractivity (Wildman–Crippen MR) is 173 cm³/mol. The van der Waals surface area contributed by atoms with Gasteiger partial charge in [-0.15, -0.1) is 0 Å². The highest BCUT2D eigenvalue weighted by Gasteiger charge is 2.48. The van der Waals surface area contributed by atoms with Crippen LogP contribution < -0.4 is 5.32 Å². The SMILES string of the molecule is CCOC(=O)[C@@H]1C2CCC(CC2)[C@H]1Nc1cc(-c2ccccc2)nc(-c2cn(S(=O)(=O)c3ccc(C)cc3)c3ncc(F)cc23)n1. The summed E-state index contributed by atoms with van der Waals surface area (Å²) in [6, 6.07) is 19.0. The van der Waals surface area contributed by atoms with E-state index in [1.807, 2.05) is 50.2 Å². The number of fused-ring (bicyclic) bond motifs is 4. The fraction of sp³-hybridized carbons (Fsp3) is 0.314. The molecule has 11 heteroatoms. The molecule has 0 unspecified atom stereocenters. The van der Waals surface area contributed by atoms with Crippen LogP contribution in [0, 0.1) is 30.5 Å². The number of carbonyl (C=O) groups excluding carboxylic acids is 1. The fourth-order valence-electron chi connectivity index (χ4n) is 7.04. The summed E-state index contributed by atoms with van der Waals surface area (Å²) in [5, 5.41) is 3.84. The van der Waals surface area contributed by atoms with Crippen LogP contribution in [0.5, 0.6) is 0 Å². The predicted octanol–water partition coefficient (Wildman–Crippen LogP) is 6.62. The maximum absolute atomic E-state index is 14.7. The maximum atomic E-state index is 14.7.